The van der Waals surface area contributed by atoms with E-state index in [4.69, 9.17) is 40.7 Å². The SMILES string of the molecule is CCCCCCC(=O)N1CCCCC1(CCC)OC(=O)CCC(C)=O.CCCCCCCN1CCCCC1(CCC)OC(=O)CCC(C)=O.[C-]#[N+]CCOP(OC(CC)C1CCCCN1C(=O)CCCCCC)N(C(C)C)C(C)C.[C-]#[N+]CCOP(OC(CC)C1CCCCN1CCCCCCC)N(C(C)C)C(C)C. The van der Waals surface area contributed by atoms with Gasteiger partial charge < -0.3 is 56.6 Å². The first-order valence-electron chi connectivity index (χ1n) is 44.8. The second kappa shape index (κ2) is 63.9. The standard InChI is InChI=1S/C24H46N3O3P.C24H48N3O2P.C20H35NO4.C20H37NO3/c1-8-10-11-12-16-24(28)26-18-14-13-15-22(26)23(9-2)30-31(29-19-17-25-7)27(20(3)4)21(5)6;1-8-10-11-12-14-18-26-19-15-13-16-23(26)24(9-2)29-30(28-20-17-25-7)27(21(3)4)22(5)6;1-4-6-7-8-11-18(23)21-16-10-9-15-20(21,14-5-2)25-19(24)13-12-17(3)22;1-4-6-7-8-10-16-21-17-11-9-15-20(21,14-5-2)24-19(23)13-12-18(3)22/h20-23H,8-19H2,1-6H3;21-24H,8-20H2,1-6H3;4-16H2,1-3H3;4-17H2,1-3H3. The molecule has 0 spiro atoms. The molecule has 4 rings (SSSR count). The molecule has 640 valence electrons. The number of esters is 2. The number of hydrogen-bond acceptors (Lipinski definition) is 16. The summed E-state index contributed by atoms with van der Waals surface area (Å²) in [6, 6.07) is 1.86. The Morgan fingerprint density at radius 2 is 0.836 bits per heavy atom. The van der Waals surface area contributed by atoms with Gasteiger partial charge in [0.05, 0.1) is 31.1 Å². The lowest BCUT2D eigenvalue weighted by Gasteiger charge is -2.46. The molecule has 4 aliphatic heterocycles. The molecule has 0 aromatic heterocycles. The molecule has 4 aliphatic rings. The monoisotopic (exact) mass is 1590 g/mol. The summed E-state index contributed by atoms with van der Waals surface area (Å²) in [6.07, 6.45) is 42.0. The first-order valence-corrected chi connectivity index (χ1v) is 47.0. The van der Waals surface area contributed by atoms with Crippen LogP contribution in [0.5, 0.6) is 0 Å². The maximum absolute atomic E-state index is 13.0. The molecule has 0 bridgehead atoms. The first kappa shape index (κ1) is 105. The summed E-state index contributed by atoms with van der Waals surface area (Å²) < 4.78 is 42.2. The molecule has 0 aromatic carbocycles. The van der Waals surface area contributed by atoms with E-state index in [0.29, 0.717) is 76.7 Å². The fraction of sp³-hybridized carbons (Fsp3) is 0.909. The summed E-state index contributed by atoms with van der Waals surface area (Å²) >= 11 is 0. The molecular formula is C88H166N8O12P2. The molecule has 0 saturated carbocycles. The van der Waals surface area contributed by atoms with Crippen LogP contribution in [0.15, 0.2) is 0 Å². The Morgan fingerprint density at radius 1 is 0.436 bits per heavy atom. The smallest absolute Gasteiger partial charge is 0.308 e. The van der Waals surface area contributed by atoms with Crippen LogP contribution in [0.2, 0.25) is 0 Å². The second-order valence-corrected chi connectivity index (χ2v) is 35.3. The second-order valence-electron chi connectivity index (χ2n) is 32.5. The van der Waals surface area contributed by atoms with Crippen LogP contribution in [0.4, 0.5) is 0 Å². The van der Waals surface area contributed by atoms with E-state index < -0.39 is 28.5 Å². The number of amides is 2. The van der Waals surface area contributed by atoms with Crippen molar-refractivity contribution >= 4 is 52.4 Å². The predicted octanol–water partition coefficient (Wildman–Crippen LogP) is 22.5. The number of piperidine rings is 4. The van der Waals surface area contributed by atoms with Crippen molar-refractivity contribution in [1.29, 1.82) is 0 Å². The zero-order valence-electron chi connectivity index (χ0n) is 73.8. The molecule has 20 nitrogen and oxygen atoms in total. The number of Topliss-reactive ketones (excluding diaryl/α,β-unsaturated/α-hetero) is 2. The fourth-order valence-electron chi connectivity index (χ4n) is 16.0. The number of rotatable bonds is 54. The lowest BCUT2D eigenvalue weighted by atomic mass is 9.92. The minimum atomic E-state index is -1.29. The molecule has 4 heterocycles. The Balaban J connectivity index is 0.000000737. The highest BCUT2D eigenvalue weighted by atomic mass is 31.2. The van der Waals surface area contributed by atoms with Crippen molar-refractivity contribution in [2.45, 2.75) is 454 Å². The molecule has 4 fully saturated rings. The van der Waals surface area contributed by atoms with Crippen LogP contribution in [0.1, 0.15) is 394 Å². The van der Waals surface area contributed by atoms with Crippen LogP contribution in [0.25, 0.3) is 9.69 Å². The molecule has 0 radical (unpaired) electrons. The first-order chi connectivity index (χ1) is 52.8. The van der Waals surface area contributed by atoms with Crippen LogP contribution in [0.3, 0.4) is 0 Å². The van der Waals surface area contributed by atoms with Gasteiger partial charge in [-0.1, -0.05) is 165 Å². The fourth-order valence-corrected chi connectivity index (χ4v) is 19.6. The maximum atomic E-state index is 13.0. The Morgan fingerprint density at radius 3 is 1.29 bits per heavy atom. The lowest BCUT2D eigenvalue weighted by Crippen LogP contribution is -2.57. The van der Waals surface area contributed by atoms with Crippen molar-refractivity contribution < 1.29 is 56.3 Å². The van der Waals surface area contributed by atoms with Crippen molar-refractivity contribution in [1.82, 2.24) is 28.9 Å². The Bertz CT molecular complexity index is 2480. The molecule has 8 unspecified atom stereocenters. The number of carbonyl (C=O) groups excluding carboxylic acids is 6. The van der Waals surface area contributed by atoms with Gasteiger partial charge in [0.25, 0.3) is 17.1 Å². The zero-order chi connectivity index (χ0) is 82.1. The summed E-state index contributed by atoms with van der Waals surface area (Å²) in [5.74, 6) is -0.165. The molecule has 8 atom stereocenters. The van der Waals surface area contributed by atoms with Crippen molar-refractivity contribution in [3.63, 3.8) is 0 Å². The Kier molecular flexibility index (Phi) is 60.8. The molecule has 22 heteroatoms. The van der Waals surface area contributed by atoms with E-state index >= 15 is 0 Å². The normalized spacial score (nSPS) is 20.2. The van der Waals surface area contributed by atoms with Crippen LogP contribution in [-0.2, 0) is 56.3 Å². The van der Waals surface area contributed by atoms with Gasteiger partial charge >= 0.3 is 11.9 Å². The van der Waals surface area contributed by atoms with Gasteiger partial charge in [0.2, 0.25) is 24.9 Å². The van der Waals surface area contributed by atoms with Gasteiger partial charge in [-0.25, -0.2) is 22.5 Å². The number of carbonyl (C=O) groups is 6. The zero-order valence-corrected chi connectivity index (χ0v) is 75.5. The minimum absolute atomic E-state index is 0.0195. The molecule has 0 N–H and O–H groups in total. The van der Waals surface area contributed by atoms with Gasteiger partial charge in [0.1, 0.15) is 24.8 Å². The van der Waals surface area contributed by atoms with E-state index in [2.05, 4.69) is 138 Å². The quantitative estimate of drug-likeness (QED) is 0.0242. The molecular weight excluding hydrogens is 1420 g/mol. The number of nitrogens with zero attached hydrogens (tertiary/aromatic N) is 8. The Labute approximate surface area is 676 Å². The topological polar surface area (TPSA) is 186 Å². The van der Waals surface area contributed by atoms with E-state index in [1.165, 1.54) is 130 Å². The highest BCUT2D eigenvalue weighted by molar-refractivity contribution is 7.44. The molecule has 0 aromatic rings. The van der Waals surface area contributed by atoms with Gasteiger partial charge in [-0.05, 0) is 179 Å². The van der Waals surface area contributed by atoms with Gasteiger partial charge in [0.15, 0.2) is 11.4 Å². The number of unbranched alkanes of at least 4 members (excludes halogenated alkanes) is 14. The lowest BCUT2D eigenvalue weighted by molar-refractivity contribution is -0.200. The molecule has 4 saturated heterocycles. The van der Waals surface area contributed by atoms with Gasteiger partial charge in [-0.3, -0.25) is 29.0 Å². The summed E-state index contributed by atoms with van der Waals surface area (Å²) in [5.41, 5.74) is -1.23. The number of ether oxygens (including phenoxy) is 2. The summed E-state index contributed by atoms with van der Waals surface area (Å²) in [5, 5.41) is 0. The van der Waals surface area contributed by atoms with E-state index in [1.807, 2.05) is 11.8 Å². The third-order valence-corrected chi connectivity index (χ3v) is 25.9. The van der Waals surface area contributed by atoms with Crippen molar-refractivity contribution in [2.75, 3.05) is 65.6 Å². The highest BCUT2D eigenvalue weighted by Gasteiger charge is 2.45. The van der Waals surface area contributed by atoms with E-state index in [-0.39, 0.29) is 91.3 Å². The highest BCUT2D eigenvalue weighted by Crippen LogP contribution is 2.50. The summed E-state index contributed by atoms with van der Waals surface area (Å²) in [4.78, 5) is 88.5. The maximum Gasteiger partial charge on any atom is 0.308 e. The largest absolute Gasteiger partial charge is 0.444 e. The Hall–Kier alpha value is -3.26. The van der Waals surface area contributed by atoms with Gasteiger partial charge in [-0.2, -0.15) is 0 Å². The van der Waals surface area contributed by atoms with Crippen molar-refractivity contribution in [3.8, 4) is 0 Å². The van der Waals surface area contributed by atoms with Crippen LogP contribution >= 0.6 is 17.1 Å². The molecule has 2 amide bonds. The van der Waals surface area contributed by atoms with Gasteiger partial charge in [0, 0.05) is 108 Å². The third-order valence-electron chi connectivity index (χ3n) is 21.6. The number of hydrogen-bond donors (Lipinski definition) is 0. The number of likely N-dealkylation sites (tertiary alicyclic amines) is 4. The van der Waals surface area contributed by atoms with Crippen LogP contribution in [-0.4, -0.2) is 190 Å². The van der Waals surface area contributed by atoms with Crippen molar-refractivity contribution in [2.24, 2.45) is 0 Å². The van der Waals surface area contributed by atoms with E-state index in [0.717, 1.165) is 135 Å². The minimum Gasteiger partial charge on any atom is -0.444 e. The van der Waals surface area contributed by atoms with E-state index in [9.17, 15) is 28.8 Å². The summed E-state index contributed by atoms with van der Waals surface area (Å²) in [7, 11) is -2.45. The molecule has 110 heavy (non-hydrogen) atoms. The predicted molar refractivity (Wildman–Crippen MR) is 455 cm³/mol. The van der Waals surface area contributed by atoms with E-state index in [1.54, 1.807) is 0 Å². The number of ketones is 2. The van der Waals surface area contributed by atoms with Crippen LogP contribution in [0, 0.1) is 13.1 Å². The van der Waals surface area contributed by atoms with Gasteiger partial charge in [-0.15, -0.1) is 0 Å². The average molecular weight is 1590 g/mol. The third kappa shape index (κ3) is 42.6. The molecule has 0 aliphatic carbocycles. The average Bonchev–Trinajstić information content (AvgIpc) is 0.823. The van der Waals surface area contributed by atoms with Crippen molar-refractivity contribution in [3.05, 3.63) is 22.8 Å². The summed E-state index contributed by atoms with van der Waals surface area (Å²) in [6.45, 7) is 59.6. The van der Waals surface area contributed by atoms with Crippen LogP contribution < -0.4 is 0 Å².